The molecule has 31 heavy (non-hydrogen) atoms. The van der Waals surface area contributed by atoms with Gasteiger partial charge in [-0.3, -0.25) is 4.79 Å². The standard InChI is InChI=1S/C22H23ClN2O5S/c1-14-3-5-18-16(13-30-22(18)15(14)2)11-21(26)24-17-4-6-19(23)20(12-17)31(27,28)25-7-9-29-10-8-25/h3-6,12-13H,7-11H2,1-2H3,(H,24,26). The van der Waals surface area contributed by atoms with Crippen LogP contribution in [0.25, 0.3) is 11.0 Å². The van der Waals surface area contributed by atoms with Gasteiger partial charge in [-0.25, -0.2) is 8.42 Å². The number of amides is 1. The Morgan fingerprint density at radius 3 is 2.65 bits per heavy atom. The van der Waals surface area contributed by atoms with Crippen LogP contribution < -0.4 is 5.32 Å². The van der Waals surface area contributed by atoms with E-state index in [9.17, 15) is 13.2 Å². The number of fused-ring (bicyclic) bond motifs is 1. The number of carbonyl (C=O) groups is 1. The van der Waals surface area contributed by atoms with Gasteiger partial charge in [0.1, 0.15) is 10.5 Å². The molecule has 1 aromatic heterocycles. The number of hydrogen-bond acceptors (Lipinski definition) is 5. The predicted molar refractivity (Wildman–Crippen MR) is 119 cm³/mol. The first-order valence-corrected chi connectivity index (χ1v) is 11.7. The number of benzene rings is 2. The molecule has 0 bridgehead atoms. The van der Waals surface area contributed by atoms with Crippen molar-refractivity contribution in [3.05, 3.63) is 58.3 Å². The van der Waals surface area contributed by atoms with Crippen molar-refractivity contribution in [1.82, 2.24) is 4.31 Å². The van der Waals surface area contributed by atoms with E-state index in [4.69, 9.17) is 20.8 Å². The minimum Gasteiger partial charge on any atom is -0.464 e. The lowest BCUT2D eigenvalue weighted by molar-refractivity contribution is -0.115. The summed E-state index contributed by atoms with van der Waals surface area (Å²) in [7, 11) is -3.78. The summed E-state index contributed by atoms with van der Waals surface area (Å²) in [5, 5.41) is 3.77. The first-order chi connectivity index (χ1) is 14.8. The highest BCUT2D eigenvalue weighted by Crippen LogP contribution is 2.29. The van der Waals surface area contributed by atoms with Crippen LogP contribution in [0.15, 0.2) is 45.9 Å². The molecule has 0 spiro atoms. The van der Waals surface area contributed by atoms with Gasteiger partial charge in [-0.05, 0) is 43.2 Å². The Hall–Kier alpha value is -2.39. The number of anilines is 1. The quantitative estimate of drug-likeness (QED) is 0.621. The summed E-state index contributed by atoms with van der Waals surface area (Å²) in [6.07, 6.45) is 1.69. The average molecular weight is 463 g/mol. The molecule has 0 aliphatic carbocycles. The number of morpholine rings is 1. The van der Waals surface area contributed by atoms with Crippen molar-refractivity contribution in [2.45, 2.75) is 25.2 Å². The first kappa shape index (κ1) is 21.8. The van der Waals surface area contributed by atoms with Gasteiger partial charge in [0.15, 0.2) is 0 Å². The van der Waals surface area contributed by atoms with Crippen LogP contribution in [0.5, 0.6) is 0 Å². The molecule has 3 aromatic rings. The number of furan rings is 1. The van der Waals surface area contributed by atoms with Crippen molar-refractivity contribution in [3.63, 3.8) is 0 Å². The monoisotopic (exact) mass is 462 g/mol. The van der Waals surface area contributed by atoms with E-state index in [0.29, 0.717) is 18.9 Å². The van der Waals surface area contributed by atoms with Gasteiger partial charge in [-0.2, -0.15) is 4.31 Å². The number of ether oxygens (including phenoxy) is 1. The van der Waals surface area contributed by atoms with Crippen LogP contribution in [0, 0.1) is 13.8 Å². The van der Waals surface area contributed by atoms with Crippen molar-refractivity contribution in [1.29, 1.82) is 0 Å². The molecule has 1 saturated heterocycles. The van der Waals surface area contributed by atoms with Gasteiger partial charge in [-0.1, -0.05) is 23.7 Å². The molecular formula is C22H23ClN2O5S. The normalized spacial score (nSPS) is 15.3. The Balaban J connectivity index is 1.54. The summed E-state index contributed by atoms with van der Waals surface area (Å²) in [6, 6.07) is 8.39. The van der Waals surface area contributed by atoms with Crippen LogP contribution in [0.4, 0.5) is 5.69 Å². The smallest absolute Gasteiger partial charge is 0.244 e. The molecule has 164 valence electrons. The van der Waals surface area contributed by atoms with Gasteiger partial charge in [-0.15, -0.1) is 0 Å². The summed E-state index contributed by atoms with van der Waals surface area (Å²) >= 11 is 6.18. The number of rotatable bonds is 5. The summed E-state index contributed by atoms with van der Waals surface area (Å²) in [6.45, 7) is 5.20. The molecule has 1 amide bonds. The lowest BCUT2D eigenvalue weighted by Crippen LogP contribution is -2.40. The number of aryl methyl sites for hydroxylation is 2. The fourth-order valence-corrected chi connectivity index (χ4v) is 5.52. The zero-order chi connectivity index (χ0) is 22.2. The van der Waals surface area contributed by atoms with E-state index in [1.165, 1.54) is 16.4 Å². The van der Waals surface area contributed by atoms with Crippen molar-refractivity contribution in [3.8, 4) is 0 Å². The zero-order valence-corrected chi connectivity index (χ0v) is 18.8. The molecule has 1 N–H and O–H groups in total. The highest BCUT2D eigenvalue weighted by atomic mass is 35.5. The molecule has 4 rings (SSSR count). The molecule has 2 heterocycles. The molecule has 1 aliphatic rings. The first-order valence-electron chi connectivity index (χ1n) is 9.91. The number of hydrogen-bond donors (Lipinski definition) is 1. The molecule has 9 heteroatoms. The van der Waals surface area contributed by atoms with Crippen LogP contribution >= 0.6 is 11.6 Å². The number of carbonyl (C=O) groups excluding carboxylic acids is 1. The Labute approximate surface area is 186 Å². The van der Waals surface area contributed by atoms with Crippen LogP contribution in [0.3, 0.4) is 0 Å². The maximum Gasteiger partial charge on any atom is 0.244 e. The van der Waals surface area contributed by atoms with Crippen LogP contribution in [0.1, 0.15) is 16.7 Å². The van der Waals surface area contributed by atoms with E-state index in [0.717, 1.165) is 27.7 Å². The summed E-state index contributed by atoms with van der Waals surface area (Å²) < 4.78 is 38.2. The van der Waals surface area contributed by atoms with Gasteiger partial charge in [0.2, 0.25) is 15.9 Å². The highest BCUT2D eigenvalue weighted by molar-refractivity contribution is 7.89. The fraction of sp³-hybridized carbons (Fsp3) is 0.318. The number of nitrogens with zero attached hydrogens (tertiary/aromatic N) is 1. The number of nitrogens with one attached hydrogen (secondary N) is 1. The second kappa shape index (κ2) is 8.63. The van der Waals surface area contributed by atoms with Gasteiger partial charge in [0.05, 0.1) is 30.9 Å². The van der Waals surface area contributed by atoms with Crippen molar-refractivity contribution < 1.29 is 22.4 Å². The topological polar surface area (TPSA) is 88.9 Å². The van der Waals surface area contributed by atoms with Gasteiger partial charge in [0.25, 0.3) is 0 Å². The SMILES string of the molecule is Cc1ccc2c(CC(=O)Nc3ccc(Cl)c(S(=O)(=O)N4CCOCC4)c3)coc2c1C. The second-order valence-electron chi connectivity index (χ2n) is 7.53. The third kappa shape index (κ3) is 4.34. The maximum atomic E-state index is 13.0. The van der Waals surface area contributed by atoms with E-state index in [1.54, 1.807) is 12.3 Å². The Morgan fingerprint density at radius 1 is 1.16 bits per heavy atom. The van der Waals surface area contributed by atoms with E-state index < -0.39 is 10.0 Å². The Morgan fingerprint density at radius 2 is 1.90 bits per heavy atom. The van der Waals surface area contributed by atoms with E-state index in [-0.39, 0.29) is 35.3 Å². The summed E-state index contributed by atoms with van der Waals surface area (Å²) in [4.78, 5) is 12.6. The predicted octanol–water partition coefficient (Wildman–Crippen LogP) is 3.91. The third-order valence-electron chi connectivity index (χ3n) is 5.50. The molecule has 0 atom stereocenters. The van der Waals surface area contributed by atoms with Crippen molar-refractivity contribution >= 4 is 44.2 Å². The van der Waals surface area contributed by atoms with Gasteiger partial charge >= 0.3 is 0 Å². The summed E-state index contributed by atoms with van der Waals surface area (Å²) in [5.74, 6) is -0.280. The third-order valence-corrected chi connectivity index (χ3v) is 7.88. The fourth-order valence-electron chi connectivity index (χ4n) is 3.61. The second-order valence-corrected chi connectivity index (χ2v) is 9.85. The van der Waals surface area contributed by atoms with Crippen molar-refractivity contribution in [2.24, 2.45) is 0 Å². The minimum atomic E-state index is -3.78. The zero-order valence-electron chi connectivity index (χ0n) is 17.3. The molecule has 7 nitrogen and oxygen atoms in total. The van der Waals surface area contributed by atoms with Gasteiger partial charge < -0.3 is 14.5 Å². The van der Waals surface area contributed by atoms with Crippen molar-refractivity contribution in [2.75, 3.05) is 31.6 Å². The van der Waals surface area contributed by atoms with E-state index in [1.807, 2.05) is 26.0 Å². The molecule has 2 aromatic carbocycles. The highest BCUT2D eigenvalue weighted by Gasteiger charge is 2.28. The van der Waals surface area contributed by atoms with Crippen LogP contribution in [-0.4, -0.2) is 44.9 Å². The Bertz CT molecular complexity index is 1250. The minimum absolute atomic E-state index is 0.0336. The Kier molecular flexibility index (Phi) is 6.07. The van der Waals surface area contributed by atoms with Crippen LogP contribution in [-0.2, 0) is 26.0 Å². The molecule has 0 radical (unpaired) electrons. The van der Waals surface area contributed by atoms with E-state index in [2.05, 4.69) is 5.32 Å². The van der Waals surface area contributed by atoms with Gasteiger partial charge in [0, 0.05) is 29.7 Å². The maximum absolute atomic E-state index is 13.0. The lowest BCUT2D eigenvalue weighted by atomic mass is 10.0. The van der Waals surface area contributed by atoms with Crippen LogP contribution in [0.2, 0.25) is 5.02 Å². The molecule has 1 aliphatic heterocycles. The molecule has 0 saturated carbocycles. The largest absolute Gasteiger partial charge is 0.464 e. The number of sulfonamides is 1. The number of halogens is 1. The lowest BCUT2D eigenvalue weighted by Gasteiger charge is -2.26. The molecule has 1 fully saturated rings. The average Bonchev–Trinajstić information content (AvgIpc) is 3.16. The van der Waals surface area contributed by atoms with E-state index >= 15 is 0 Å². The molecular weight excluding hydrogens is 440 g/mol. The molecule has 0 unspecified atom stereocenters. The summed E-state index contributed by atoms with van der Waals surface area (Å²) in [5.41, 5.74) is 4.06.